The van der Waals surface area contributed by atoms with E-state index in [1.165, 1.54) is 66.7 Å². The lowest BCUT2D eigenvalue weighted by Crippen LogP contribution is -2.51. The van der Waals surface area contributed by atoms with E-state index >= 15 is 0 Å². The molecule has 12 rings (SSSR count). The second-order valence-corrected chi connectivity index (χ2v) is 25.5. The highest BCUT2D eigenvalue weighted by atomic mass is 16.6. The Morgan fingerprint density at radius 3 is 1.29 bits per heavy atom. The molecule has 0 fully saturated rings. The normalized spacial score (nSPS) is 14.4. The van der Waals surface area contributed by atoms with Crippen LogP contribution in [0.2, 0.25) is 0 Å². The molecular weight excluding hydrogens is 1320 g/mol. The minimum absolute atomic E-state index is 0.0712. The number of likely N-dealkylation sites (N-methyl/N-ethyl adjacent to an activating group) is 1. The van der Waals surface area contributed by atoms with Gasteiger partial charge in [-0.2, -0.15) is 10.2 Å². The van der Waals surface area contributed by atoms with Crippen molar-refractivity contribution in [1.82, 2.24) is 26.6 Å². The number of carbonyl (C=O) groups is 8. The average molecular weight is 1400 g/mol. The molecule has 25 heteroatoms. The predicted octanol–water partition coefficient (Wildman–Crippen LogP) is 11.1. The highest BCUT2D eigenvalue weighted by Gasteiger charge is 2.55. The number of carbonyl (C=O) groups excluding carboxylic acids is 8. The number of esters is 2. The van der Waals surface area contributed by atoms with Crippen molar-refractivity contribution >= 4 is 64.3 Å². The molecule has 8 aromatic carbocycles. The number of phenols is 4. The maximum atomic E-state index is 13.7. The van der Waals surface area contributed by atoms with Gasteiger partial charge < -0.3 is 76.6 Å². The number of amides is 5. The number of benzene rings is 8. The number of primary amides is 1. The van der Waals surface area contributed by atoms with Crippen LogP contribution in [0.5, 0.6) is 46.0 Å². The number of nitrogens with one attached hydrogen (secondary N) is 5. The number of anilines is 1. The summed E-state index contributed by atoms with van der Waals surface area (Å²) in [5.74, 6) is -2.93. The van der Waals surface area contributed by atoms with Crippen molar-refractivity contribution in [1.29, 1.82) is 0 Å². The molecule has 5 amide bonds. The van der Waals surface area contributed by atoms with E-state index in [9.17, 15) is 58.8 Å². The van der Waals surface area contributed by atoms with Crippen LogP contribution in [0.4, 0.5) is 17.1 Å². The van der Waals surface area contributed by atoms with E-state index < -0.39 is 59.0 Å². The monoisotopic (exact) mass is 1400 g/mol. The number of phenolic OH excluding ortho intramolecular Hbond substituents is 4. The molecule has 2 spiro atoms. The summed E-state index contributed by atoms with van der Waals surface area (Å²) in [7, 11) is 5.67. The van der Waals surface area contributed by atoms with Crippen molar-refractivity contribution in [3.8, 4) is 46.0 Å². The highest BCUT2D eigenvalue weighted by Crippen LogP contribution is 2.59. The lowest BCUT2D eigenvalue weighted by atomic mass is 9.77. The number of nitrogens with zero attached hydrogens (tertiary/aromatic N) is 3. The SMILES string of the molecule is CCC(=O)[C@H](CCCCNC(=O)c1ccc2c(c1)C(=O)OC21c2ccc(O)cc2Oc2cc(O)ccc21)NC(=O)c1ccc2c(c1)C(=O)OC21c2ccc(O)cc2Oc2cc(O)ccc21.CCCC[C@H](NC(=O)[C@@H](CCCCNC(=O)c1ccc(N=Nc2ccc(N(C)C)cc2)cc1)NC)C(N)=O. The van der Waals surface area contributed by atoms with Gasteiger partial charge >= 0.3 is 11.9 Å². The first-order chi connectivity index (χ1) is 49.5. The zero-order chi connectivity index (χ0) is 73.3. The Morgan fingerprint density at radius 1 is 0.476 bits per heavy atom. The first-order valence-electron chi connectivity index (χ1n) is 34.0. The zero-order valence-electron chi connectivity index (χ0n) is 57.3. The molecule has 25 nitrogen and oxygen atoms in total. The Bertz CT molecular complexity index is 4530. The Labute approximate surface area is 593 Å². The van der Waals surface area contributed by atoms with Gasteiger partial charge in [-0.25, -0.2) is 9.59 Å². The molecule has 0 aromatic heterocycles. The lowest BCUT2D eigenvalue weighted by molar-refractivity contribution is -0.128. The molecule has 0 saturated carbocycles. The second kappa shape index (κ2) is 31.2. The quantitative estimate of drug-likeness (QED) is 0.0137. The van der Waals surface area contributed by atoms with E-state index in [1.807, 2.05) is 50.2 Å². The smallest absolute Gasteiger partial charge is 0.340 e. The molecule has 0 saturated heterocycles. The molecular formula is C78H79N9O16. The van der Waals surface area contributed by atoms with E-state index in [4.69, 9.17) is 24.7 Å². The maximum absolute atomic E-state index is 13.7. The molecule has 532 valence electrons. The van der Waals surface area contributed by atoms with Gasteiger partial charge in [0.25, 0.3) is 17.7 Å². The van der Waals surface area contributed by atoms with E-state index in [0.717, 1.165) is 30.6 Å². The number of ether oxygens (including phenoxy) is 4. The number of azo groups is 1. The summed E-state index contributed by atoms with van der Waals surface area (Å²) in [5.41, 5.74) is 8.76. The van der Waals surface area contributed by atoms with Crippen molar-refractivity contribution in [2.75, 3.05) is 39.1 Å². The number of ketones is 1. The van der Waals surface area contributed by atoms with Crippen molar-refractivity contribution in [3.05, 3.63) is 219 Å². The topological polar surface area (TPSA) is 369 Å². The molecule has 4 aliphatic rings. The highest BCUT2D eigenvalue weighted by molar-refractivity contribution is 6.04. The van der Waals surface area contributed by atoms with Crippen LogP contribution in [0, 0.1) is 0 Å². The minimum Gasteiger partial charge on any atom is -0.508 e. The summed E-state index contributed by atoms with van der Waals surface area (Å²) in [5, 5.41) is 63.6. The first-order valence-corrected chi connectivity index (χ1v) is 34.0. The van der Waals surface area contributed by atoms with Gasteiger partial charge in [0.2, 0.25) is 11.8 Å². The van der Waals surface area contributed by atoms with E-state index in [-0.39, 0.29) is 105 Å². The Hall–Kier alpha value is -12.1. The van der Waals surface area contributed by atoms with Crippen LogP contribution in [0.25, 0.3) is 0 Å². The Balaban J connectivity index is 0.000000240. The predicted molar refractivity (Wildman–Crippen MR) is 380 cm³/mol. The first kappa shape index (κ1) is 72.1. The van der Waals surface area contributed by atoms with E-state index in [1.54, 1.807) is 80.7 Å². The summed E-state index contributed by atoms with van der Waals surface area (Å²) in [6, 6.07) is 39.7. The third kappa shape index (κ3) is 15.3. The summed E-state index contributed by atoms with van der Waals surface area (Å²) in [4.78, 5) is 106. The molecule has 4 aliphatic heterocycles. The van der Waals surface area contributed by atoms with Crippen molar-refractivity contribution in [2.45, 2.75) is 107 Å². The van der Waals surface area contributed by atoms with Gasteiger partial charge in [0.15, 0.2) is 17.0 Å². The molecule has 0 radical (unpaired) electrons. The number of nitrogens with two attached hydrogens (primary N) is 1. The Kier molecular flexibility index (Phi) is 21.8. The molecule has 0 bridgehead atoms. The van der Waals surface area contributed by atoms with Gasteiger partial charge in [-0.05, 0) is 173 Å². The number of Topliss-reactive ketones (excluding diaryl/α,β-unsaturated/α-hetero) is 1. The van der Waals surface area contributed by atoms with Gasteiger partial charge in [-0.15, -0.1) is 0 Å². The van der Waals surface area contributed by atoms with Gasteiger partial charge in [0.05, 0.1) is 34.6 Å². The summed E-state index contributed by atoms with van der Waals surface area (Å²) in [6.07, 6.45) is 5.62. The number of hydrogen-bond acceptors (Lipinski definition) is 20. The summed E-state index contributed by atoms with van der Waals surface area (Å²) >= 11 is 0. The summed E-state index contributed by atoms with van der Waals surface area (Å²) < 4.78 is 24.2. The second-order valence-electron chi connectivity index (χ2n) is 25.5. The fourth-order valence-electron chi connectivity index (χ4n) is 13.0. The van der Waals surface area contributed by atoms with Gasteiger partial charge in [-0.1, -0.05) is 38.8 Å². The van der Waals surface area contributed by atoms with Crippen molar-refractivity contribution in [3.63, 3.8) is 0 Å². The van der Waals surface area contributed by atoms with Gasteiger partial charge in [-0.3, -0.25) is 28.8 Å². The average Bonchev–Trinajstić information content (AvgIpc) is 1.61. The zero-order valence-corrected chi connectivity index (χ0v) is 57.3. The van der Waals surface area contributed by atoms with Crippen LogP contribution in [0.15, 0.2) is 168 Å². The van der Waals surface area contributed by atoms with Gasteiger partial charge in [0.1, 0.15) is 52.0 Å². The van der Waals surface area contributed by atoms with Crippen LogP contribution in [0.3, 0.4) is 0 Å². The van der Waals surface area contributed by atoms with Gasteiger partial charge in [0, 0.05) is 114 Å². The van der Waals surface area contributed by atoms with Crippen LogP contribution < -0.4 is 46.7 Å². The van der Waals surface area contributed by atoms with Crippen LogP contribution in [-0.2, 0) is 35.1 Å². The van der Waals surface area contributed by atoms with Crippen molar-refractivity contribution in [2.24, 2.45) is 16.0 Å². The van der Waals surface area contributed by atoms with E-state index in [2.05, 4.69) is 36.8 Å². The maximum Gasteiger partial charge on any atom is 0.340 e. The lowest BCUT2D eigenvalue weighted by Gasteiger charge is -2.36. The number of aromatic hydroxyl groups is 4. The standard InChI is InChI=1S/C50H38N2O13.C28H41N7O3/c1-2-40(57)39(52-46(59)26-7-13-34-32(20-26)48(61)65-50(34)37-16-10-29(55)23-43(37)63-44-24-30(56)11-17-38(44)50)5-3-4-18-51-45(58)25-6-12-33-31(19-25)47(60)64-49(33)35-14-8-27(53)21-41(35)62-42-22-28(54)9-15-36(42)49;1-5-6-9-24(26(29)36)32-28(38)25(30-2)10-7-8-19-31-27(37)20-11-13-21(14-12-20)33-34-22-15-17-23(18-16-22)35(3)4/h6-17,19-24,39,53-56H,2-5,18H2,1H3,(H,51,58)(H,52,59);11-18,24-25,30H,5-10,19H2,1-4H3,(H2,29,36)(H,31,37)(H,32,38)/t39-;24-,25+/m00/s1. The van der Waals surface area contributed by atoms with Crippen LogP contribution in [-0.4, -0.2) is 120 Å². The Morgan fingerprint density at radius 2 is 0.874 bits per heavy atom. The molecule has 103 heavy (non-hydrogen) atoms. The number of unbranched alkanes of at least 4 members (excludes halogenated alkanes) is 3. The largest absolute Gasteiger partial charge is 0.508 e. The molecule has 3 atom stereocenters. The minimum atomic E-state index is -1.50. The van der Waals surface area contributed by atoms with Crippen LogP contribution >= 0.6 is 0 Å². The van der Waals surface area contributed by atoms with Crippen molar-refractivity contribution < 1.29 is 77.7 Å². The number of rotatable bonds is 26. The third-order valence-corrected chi connectivity index (χ3v) is 18.5. The fourth-order valence-corrected chi connectivity index (χ4v) is 13.0. The molecule has 4 heterocycles. The molecule has 0 aliphatic carbocycles. The summed E-state index contributed by atoms with van der Waals surface area (Å²) in [6.45, 7) is 4.42. The fraction of sp³-hybridized carbons (Fsp3) is 0.282. The molecule has 8 aromatic rings. The third-order valence-electron chi connectivity index (χ3n) is 18.5. The number of hydrogen-bond donors (Lipinski definition) is 10. The van der Waals surface area contributed by atoms with E-state index in [0.29, 0.717) is 83.3 Å². The number of fused-ring (bicyclic) bond motifs is 12. The molecule has 11 N–H and O–H groups in total. The van der Waals surface area contributed by atoms with Crippen LogP contribution in [0.1, 0.15) is 163 Å². The molecule has 0 unspecified atom stereocenters.